The molecule has 1 heterocycles. The van der Waals surface area contributed by atoms with E-state index >= 15 is 0 Å². The SMILES string of the molecule is CN(C)C(=O)Cn1cc2c(n1)[C@@H](NCc1ccccc1)CCC2. The predicted molar refractivity (Wildman–Crippen MR) is 89.9 cm³/mol. The van der Waals surface area contributed by atoms with Crippen LogP contribution in [0.2, 0.25) is 0 Å². The van der Waals surface area contributed by atoms with E-state index in [2.05, 4.69) is 34.7 Å². The Morgan fingerprint density at radius 1 is 1.35 bits per heavy atom. The lowest BCUT2D eigenvalue weighted by Crippen LogP contribution is -2.27. The molecule has 1 aromatic carbocycles. The van der Waals surface area contributed by atoms with Crippen LogP contribution in [0.5, 0.6) is 0 Å². The zero-order valence-corrected chi connectivity index (χ0v) is 13.8. The number of likely N-dealkylation sites (N-methyl/N-ethyl adjacent to an activating group) is 1. The molecule has 0 fully saturated rings. The minimum Gasteiger partial charge on any atom is -0.347 e. The van der Waals surface area contributed by atoms with Gasteiger partial charge in [0.05, 0.1) is 11.7 Å². The second kappa shape index (κ2) is 6.96. The van der Waals surface area contributed by atoms with Crippen molar-refractivity contribution >= 4 is 5.91 Å². The third kappa shape index (κ3) is 3.79. The number of aromatic nitrogens is 2. The molecule has 0 radical (unpaired) electrons. The third-order valence-corrected chi connectivity index (χ3v) is 4.33. The van der Waals surface area contributed by atoms with Crippen molar-refractivity contribution in [2.24, 2.45) is 0 Å². The average Bonchev–Trinajstić information content (AvgIpc) is 2.96. The number of nitrogens with zero attached hydrogens (tertiary/aromatic N) is 3. The summed E-state index contributed by atoms with van der Waals surface area (Å²) >= 11 is 0. The van der Waals surface area contributed by atoms with Gasteiger partial charge in [-0.15, -0.1) is 0 Å². The number of hydrogen-bond donors (Lipinski definition) is 1. The second-order valence-electron chi connectivity index (χ2n) is 6.34. The fourth-order valence-corrected chi connectivity index (χ4v) is 2.99. The normalized spacial score (nSPS) is 16.9. The second-order valence-corrected chi connectivity index (χ2v) is 6.34. The first-order valence-corrected chi connectivity index (χ1v) is 8.17. The Balaban J connectivity index is 1.69. The molecule has 0 aliphatic heterocycles. The van der Waals surface area contributed by atoms with Crippen molar-refractivity contribution in [3.05, 3.63) is 53.3 Å². The average molecular weight is 312 g/mol. The van der Waals surface area contributed by atoms with E-state index in [1.54, 1.807) is 23.7 Å². The number of aryl methyl sites for hydroxylation is 1. The molecule has 1 N–H and O–H groups in total. The van der Waals surface area contributed by atoms with Crippen molar-refractivity contribution in [3.63, 3.8) is 0 Å². The lowest BCUT2D eigenvalue weighted by Gasteiger charge is -2.22. The van der Waals surface area contributed by atoms with Crippen LogP contribution in [0.15, 0.2) is 36.5 Å². The van der Waals surface area contributed by atoms with Gasteiger partial charge in [-0.05, 0) is 30.4 Å². The molecule has 0 saturated carbocycles. The van der Waals surface area contributed by atoms with Gasteiger partial charge in [0.25, 0.3) is 0 Å². The Hall–Kier alpha value is -2.14. The first-order valence-electron chi connectivity index (χ1n) is 8.17. The summed E-state index contributed by atoms with van der Waals surface area (Å²) < 4.78 is 1.79. The number of carbonyl (C=O) groups excluding carboxylic acids is 1. The van der Waals surface area contributed by atoms with Crippen LogP contribution in [-0.4, -0.2) is 34.7 Å². The fraction of sp³-hybridized carbons (Fsp3) is 0.444. The number of fused-ring (bicyclic) bond motifs is 1. The topological polar surface area (TPSA) is 50.2 Å². The summed E-state index contributed by atoms with van der Waals surface area (Å²) in [5.41, 5.74) is 3.66. The van der Waals surface area contributed by atoms with Gasteiger partial charge in [-0.25, -0.2) is 0 Å². The Kier molecular flexibility index (Phi) is 4.76. The zero-order chi connectivity index (χ0) is 16.2. The first kappa shape index (κ1) is 15.7. The van der Waals surface area contributed by atoms with Gasteiger partial charge in [0, 0.05) is 26.8 Å². The van der Waals surface area contributed by atoms with E-state index in [0.717, 1.165) is 31.5 Å². The number of benzene rings is 1. The van der Waals surface area contributed by atoms with Gasteiger partial charge in [0.1, 0.15) is 6.54 Å². The van der Waals surface area contributed by atoms with Crippen LogP contribution in [0.1, 0.15) is 35.7 Å². The van der Waals surface area contributed by atoms with E-state index in [0.29, 0.717) is 6.54 Å². The van der Waals surface area contributed by atoms with Gasteiger partial charge in [-0.1, -0.05) is 30.3 Å². The fourth-order valence-electron chi connectivity index (χ4n) is 2.99. The molecule has 5 nitrogen and oxygen atoms in total. The Labute approximate surface area is 137 Å². The van der Waals surface area contributed by atoms with Crippen molar-refractivity contribution in [2.75, 3.05) is 14.1 Å². The summed E-state index contributed by atoms with van der Waals surface area (Å²) in [6, 6.07) is 10.7. The monoisotopic (exact) mass is 312 g/mol. The Morgan fingerprint density at radius 2 is 2.13 bits per heavy atom. The maximum atomic E-state index is 11.9. The number of rotatable bonds is 5. The van der Waals surface area contributed by atoms with Gasteiger partial charge >= 0.3 is 0 Å². The molecule has 0 spiro atoms. The van der Waals surface area contributed by atoms with Crippen molar-refractivity contribution < 1.29 is 4.79 Å². The summed E-state index contributed by atoms with van der Waals surface area (Å²) in [5.74, 6) is 0.0682. The molecule has 5 heteroatoms. The maximum Gasteiger partial charge on any atom is 0.243 e. The van der Waals surface area contributed by atoms with Gasteiger partial charge in [0.2, 0.25) is 5.91 Å². The molecule has 1 aliphatic carbocycles. The number of hydrogen-bond acceptors (Lipinski definition) is 3. The largest absolute Gasteiger partial charge is 0.347 e. The molecule has 1 amide bonds. The minimum atomic E-state index is 0.0682. The third-order valence-electron chi connectivity index (χ3n) is 4.33. The maximum absolute atomic E-state index is 11.9. The van der Waals surface area contributed by atoms with Crippen molar-refractivity contribution in [2.45, 2.75) is 38.4 Å². The van der Waals surface area contributed by atoms with Gasteiger partial charge in [0.15, 0.2) is 0 Å². The van der Waals surface area contributed by atoms with Crippen LogP contribution in [0, 0.1) is 0 Å². The molecule has 0 saturated heterocycles. The highest BCUT2D eigenvalue weighted by atomic mass is 16.2. The molecular weight excluding hydrogens is 288 g/mol. The van der Waals surface area contributed by atoms with Crippen molar-refractivity contribution in [3.8, 4) is 0 Å². The van der Waals surface area contributed by atoms with E-state index < -0.39 is 0 Å². The predicted octanol–water partition coefficient (Wildman–Crippen LogP) is 2.14. The van der Waals surface area contributed by atoms with Gasteiger partial charge in [-0.2, -0.15) is 5.10 Å². The molecule has 122 valence electrons. The smallest absolute Gasteiger partial charge is 0.243 e. The first-order chi connectivity index (χ1) is 11.1. The summed E-state index contributed by atoms with van der Waals surface area (Å²) in [6.45, 7) is 1.15. The molecule has 1 aromatic heterocycles. The standard InChI is InChI=1S/C18H24N4O/c1-21(2)17(23)13-22-12-15-9-6-10-16(18(15)20-22)19-11-14-7-4-3-5-8-14/h3-5,7-8,12,16,19H,6,9-11,13H2,1-2H3/t16-/m0/s1. The number of carbonyl (C=O) groups is 1. The number of nitrogens with one attached hydrogen (secondary N) is 1. The molecule has 1 aliphatic rings. The van der Waals surface area contributed by atoms with Crippen LogP contribution < -0.4 is 5.32 Å². The van der Waals surface area contributed by atoms with Gasteiger partial charge < -0.3 is 10.2 Å². The van der Waals surface area contributed by atoms with Crippen LogP contribution in [0.3, 0.4) is 0 Å². The molecule has 0 unspecified atom stereocenters. The van der Waals surface area contributed by atoms with E-state index in [1.165, 1.54) is 11.1 Å². The lowest BCUT2D eigenvalue weighted by atomic mass is 9.93. The van der Waals surface area contributed by atoms with Crippen molar-refractivity contribution in [1.29, 1.82) is 0 Å². The van der Waals surface area contributed by atoms with Crippen LogP contribution in [-0.2, 0) is 24.3 Å². The zero-order valence-electron chi connectivity index (χ0n) is 13.8. The summed E-state index contributed by atoms with van der Waals surface area (Å²) in [5, 5.41) is 8.29. The Bertz CT molecular complexity index is 663. The van der Waals surface area contributed by atoms with Crippen molar-refractivity contribution in [1.82, 2.24) is 20.0 Å². The van der Waals surface area contributed by atoms with Crippen LogP contribution >= 0.6 is 0 Å². The van der Waals surface area contributed by atoms with Gasteiger partial charge in [-0.3, -0.25) is 9.48 Å². The van der Waals surface area contributed by atoms with E-state index in [1.807, 2.05) is 12.3 Å². The molecule has 23 heavy (non-hydrogen) atoms. The molecule has 0 bridgehead atoms. The summed E-state index contributed by atoms with van der Waals surface area (Å²) in [4.78, 5) is 13.5. The highest BCUT2D eigenvalue weighted by Crippen LogP contribution is 2.28. The molecular formula is C18H24N4O. The summed E-state index contributed by atoms with van der Waals surface area (Å²) in [6.07, 6.45) is 5.34. The highest BCUT2D eigenvalue weighted by Gasteiger charge is 2.24. The van der Waals surface area contributed by atoms with Crippen LogP contribution in [0.4, 0.5) is 0 Å². The molecule has 3 rings (SSSR count). The lowest BCUT2D eigenvalue weighted by molar-refractivity contribution is -0.129. The number of amides is 1. The highest BCUT2D eigenvalue weighted by molar-refractivity contribution is 5.75. The van der Waals surface area contributed by atoms with E-state index in [-0.39, 0.29) is 11.9 Å². The molecule has 1 atom stereocenters. The Morgan fingerprint density at radius 3 is 2.87 bits per heavy atom. The van der Waals surface area contributed by atoms with Crippen LogP contribution in [0.25, 0.3) is 0 Å². The molecule has 2 aromatic rings. The minimum absolute atomic E-state index is 0.0682. The van der Waals surface area contributed by atoms with E-state index in [4.69, 9.17) is 0 Å². The summed E-state index contributed by atoms with van der Waals surface area (Å²) in [7, 11) is 3.55. The quantitative estimate of drug-likeness (QED) is 0.920. The van der Waals surface area contributed by atoms with E-state index in [9.17, 15) is 4.79 Å².